The lowest BCUT2D eigenvalue weighted by Crippen LogP contribution is -2.40. The van der Waals surface area contributed by atoms with Gasteiger partial charge in [-0.15, -0.1) is 11.3 Å². The van der Waals surface area contributed by atoms with Crippen LogP contribution in [0.4, 0.5) is 5.13 Å². The third kappa shape index (κ3) is 6.12. The molecule has 1 aliphatic heterocycles. The molecule has 2 amide bonds. The molecule has 1 unspecified atom stereocenters. The average molecular weight is 367 g/mol. The number of carboxylic acids is 1. The Bertz CT molecular complexity index is 629. The number of piperidine rings is 1. The van der Waals surface area contributed by atoms with Gasteiger partial charge in [-0.25, -0.2) is 4.98 Å². The number of carbonyl (C=O) groups is 3. The monoisotopic (exact) mass is 367 g/mol. The van der Waals surface area contributed by atoms with Gasteiger partial charge in [0, 0.05) is 30.8 Å². The normalized spacial score (nSPS) is 17.6. The predicted octanol–water partition coefficient (Wildman–Crippen LogP) is 2.38. The summed E-state index contributed by atoms with van der Waals surface area (Å²) in [6.07, 6.45) is 2.85. The summed E-state index contributed by atoms with van der Waals surface area (Å²) in [6, 6.07) is 0. The number of hydrogen-bond donors (Lipinski definition) is 2. The fraction of sp³-hybridized carbons (Fsp3) is 0.647. The SMILES string of the molecule is CC(C)C(=O)Nc1nc(CC(=O)N2CCCC(CCC(=O)O)C2)cs1. The van der Waals surface area contributed by atoms with Gasteiger partial charge >= 0.3 is 5.97 Å². The van der Waals surface area contributed by atoms with Crippen molar-refractivity contribution in [1.82, 2.24) is 9.88 Å². The summed E-state index contributed by atoms with van der Waals surface area (Å²) in [5.41, 5.74) is 0.654. The van der Waals surface area contributed by atoms with Gasteiger partial charge in [-0.05, 0) is 25.2 Å². The maximum Gasteiger partial charge on any atom is 0.303 e. The van der Waals surface area contributed by atoms with Crippen LogP contribution in [0.3, 0.4) is 0 Å². The molecule has 1 saturated heterocycles. The highest BCUT2D eigenvalue weighted by atomic mass is 32.1. The van der Waals surface area contributed by atoms with E-state index in [0.717, 1.165) is 12.8 Å². The van der Waals surface area contributed by atoms with Crippen molar-refractivity contribution in [3.8, 4) is 0 Å². The van der Waals surface area contributed by atoms with Crippen LogP contribution < -0.4 is 5.32 Å². The van der Waals surface area contributed by atoms with E-state index in [1.54, 1.807) is 5.38 Å². The fourth-order valence-electron chi connectivity index (χ4n) is 2.82. The molecule has 138 valence electrons. The van der Waals surface area contributed by atoms with Crippen molar-refractivity contribution >= 4 is 34.3 Å². The number of thiazole rings is 1. The number of aliphatic carboxylic acids is 1. The molecule has 2 N–H and O–H groups in total. The first kappa shape index (κ1) is 19.4. The van der Waals surface area contributed by atoms with Crippen LogP contribution in [0.2, 0.25) is 0 Å². The van der Waals surface area contributed by atoms with Crippen molar-refractivity contribution in [2.24, 2.45) is 11.8 Å². The van der Waals surface area contributed by atoms with Crippen molar-refractivity contribution in [3.63, 3.8) is 0 Å². The standard InChI is InChI=1S/C17H25N3O4S/c1-11(2)16(24)19-17-18-13(10-25-17)8-14(21)20-7-3-4-12(9-20)5-6-15(22)23/h10-12H,3-9H2,1-2H3,(H,22,23)(H,18,19,24). The topological polar surface area (TPSA) is 99.6 Å². The van der Waals surface area contributed by atoms with E-state index in [-0.39, 0.29) is 36.5 Å². The van der Waals surface area contributed by atoms with E-state index in [1.165, 1.54) is 11.3 Å². The molecule has 7 nitrogen and oxygen atoms in total. The predicted molar refractivity (Wildman–Crippen MR) is 95.5 cm³/mol. The summed E-state index contributed by atoms with van der Waals surface area (Å²) in [5.74, 6) is -0.742. The van der Waals surface area contributed by atoms with E-state index in [9.17, 15) is 14.4 Å². The number of nitrogens with zero attached hydrogens (tertiary/aromatic N) is 2. The quantitative estimate of drug-likeness (QED) is 0.771. The molecular formula is C17H25N3O4S. The number of nitrogens with one attached hydrogen (secondary N) is 1. The van der Waals surface area contributed by atoms with Crippen molar-refractivity contribution in [1.29, 1.82) is 0 Å². The molecule has 2 rings (SSSR count). The average Bonchev–Trinajstić information content (AvgIpc) is 3.00. The molecule has 0 aromatic carbocycles. The van der Waals surface area contributed by atoms with Gasteiger partial charge in [0.15, 0.2) is 5.13 Å². The van der Waals surface area contributed by atoms with Crippen LogP contribution in [-0.2, 0) is 20.8 Å². The number of anilines is 1. The van der Waals surface area contributed by atoms with E-state index in [1.807, 2.05) is 18.7 Å². The van der Waals surface area contributed by atoms with E-state index < -0.39 is 5.97 Å². The first-order valence-electron chi connectivity index (χ1n) is 8.60. The molecule has 0 spiro atoms. The smallest absolute Gasteiger partial charge is 0.303 e. The maximum atomic E-state index is 12.5. The van der Waals surface area contributed by atoms with Crippen LogP contribution in [0.1, 0.15) is 45.2 Å². The molecule has 0 bridgehead atoms. The Labute approximate surface area is 151 Å². The van der Waals surface area contributed by atoms with Crippen LogP contribution in [0, 0.1) is 11.8 Å². The summed E-state index contributed by atoms with van der Waals surface area (Å²) in [5, 5.41) is 13.8. The zero-order chi connectivity index (χ0) is 18.4. The molecule has 0 radical (unpaired) electrons. The van der Waals surface area contributed by atoms with Crippen LogP contribution in [0.25, 0.3) is 0 Å². The number of rotatable bonds is 7. The Balaban J connectivity index is 1.85. The van der Waals surface area contributed by atoms with Crippen molar-refractivity contribution in [3.05, 3.63) is 11.1 Å². The third-order valence-electron chi connectivity index (χ3n) is 4.28. The summed E-state index contributed by atoms with van der Waals surface area (Å²) in [4.78, 5) is 41.0. The van der Waals surface area contributed by atoms with E-state index in [0.29, 0.717) is 30.3 Å². The van der Waals surface area contributed by atoms with Crippen molar-refractivity contribution in [2.45, 2.75) is 46.0 Å². The lowest BCUT2D eigenvalue weighted by Gasteiger charge is -2.32. The number of likely N-dealkylation sites (tertiary alicyclic amines) is 1. The summed E-state index contributed by atoms with van der Waals surface area (Å²) >= 11 is 1.32. The van der Waals surface area contributed by atoms with Gasteiger partial charge in [0.25, 0.3) is 0 Å². The molecule has 8 heteroatoms. The lowest BCUT2D eigenvalue weighted by atomic mass is 9.93. The van der Waals surface area contributed by atoms with Crippen LogP contribution in [-0.4, -0.2) is 45.9 Å². The zero-order valence-corrected chi connectivity index (χ0v) is 15.5. The minimum atomic E-state index is -0.790. The summed E-state index contributed by atoms with van der Waals surface area (Å²) in [7, 11) is 0. The van der Waals surface area contributed by atoms with Crippen molar-refractivity contribution < 1.29 is 19.5 Å². The third-order valence-corrected chi connectivity index (χ3v) is 5.08. The molecule has 2 heterocycles. The van der Waals surface area contributed by atoms with Gasteiger partial charge in [-0.3, -0.25) is 14.4 Å². The number of carbonyl (C=O) groups excluding carboxylic acids is 2. The van der Waals surface area contributed by atoms with E-state index in [2.05, 4.69) is 10.3 Å². The Morgan fingerprint density at radius 1 is 1.44 bits per heavy atom. The molecule has 0 saturated carbocycles. The minimum Gasteiger partial charge on any atom is -0.481 e. The second-order valence-electron chi connectivity index (χ2n) is 6.75. The lowest BCUT2D eigenvalue weighted by molar-refractivity contribution is -0.137. The highest BCUT2D eigenvalue weighted by Gasteiger charge is 2.24. The molecule has 1 aromatic heterocycles. The largest absolute Gasteiger partial charge is 0.481 e. The Morgan fingerprint density at radius 3 is 2.88 bits per heavy atom. The maximum absolute atomic E-state index is 12.5. The summed E-state index contributed by atoms with van der Waals surface area (Å²) in [6.45, 7) is 4.95. The van der Waals surface area contributed by atoms with Crippen molar-refractivity contribution in [2.75, 3.05) is 18.4 Å². The molecule has 1 fully saturated rings. The van der Waals surface area contributed by atoms with Crippen LogP contribution >= 0.6 is 11.3 Å². The Morgan fingerprint density at radius 2 is 2.20 bits per heavy atom. The molecule has 25 heavy (non-hydrogen) atoms. The minimum absolute atomic E-state index is 0.00654. The van der Waals surface area contributed by atoms with Gasteiger partial charge in [0.2, 0.25) is 11.8 Å². The number of carboxylic acid groups (broad SMARTS) is 1. The zero-order valence-electron chi connectivity index (χ0n) is 14.7. The second kappa shape index (κ2) is 8.94. The van der Waals surface area contributed by atoms with E-state index >= 15 is 0 Å². The molecule has 0 aliphatic carbocycles. The molecular weight excluding hydrogens is 342 g/mol. The Kier molecular flexibility index (Phi) is 6.92. The Hall–Kier alpha value is -1.96. The highest BCUT2D eigenvalue weighted by molar-refractivity contribution is 7.13. The second-order valence-corrected chi connectivity index (χ2v) is 7.60. The van der Waals surface area contributed by atoms with Gasteiger partial charge in [-0.2, -0.15) is 0 Å². The molecule has 1 atom stereocenters. The van der Waals surface area contributed by atoms with Gasteiger partial charge < -0.3 is 15.3 Å². The number of aromatic nitrogens is 1. The van der Waals surface area contributed by atoms with Gasteiger partial charge in [-0.1, -0.05) is 13.8 Å². The van der Waals surface area contributed by atoms with Crippen LogP contribution in [0.15, 0.2) is 5.38 Å². The number of amides is 2. The fourth-order valence-corrected chi connectivity index (χ4v) is 3.53. The number of hydrogen-bond acceptors (Lipinski definition) is 5. The summed E-state index contributed by atoms with van der Waals surface area (Å²) < 4.78 is 0. The van der Waals surface area contributed by atoms with Gasteiger partial charge in [0.1, 0.15) is 0 Å². The molecule has 1 aromatic rings. The highest BCUT2D eigenvalue weighted by Crippen LogP contribution is 2.22. The van der Waals surface area contributed by atoms with E-state index in [4.69, 9.17) is 5.11 Å². The van der Waals surface area contributed by atoms with Gasteiger partial charge in [0.05, 0.1) is 12.1 Å². The molecule has 1 aliphatic rings. The first-order chi connectivity index (χ1) is 11.8. The van der Waals surface area contributed by atoms with Crippen LogP contribution in [0.5, 0.6) is 0 Å². The first-order valence-corrected chi connectivity index (χ1v) is 9.48.